The molecule has 0 spiro atoms. The average molecular weight is 286 g/mol. The van der Waals surface area contributed by atoms with Crippen LogP contribution in [0.1, 0.15) is 29.2 Å². The summed E-state index contributed by atoms with van der Waals surface area (Å²) in [4.78, 5) is 2.30. The number of nitrogens with zero attached hydrogens (tertiary/aromatic N) is 1. The average Bonchev–Trinajstić information content (AvgIpc) is 2.48. The van der Waals surface area contributed by atoms with Crippen molar-refractivity contribution in [3.63, 3.8) is 0 Å². The Morgan fingerprint density at radius 3 is 2.43 bits per heavy atom. The molecule has 0 atom stereocenters. The third-order valence-electron chi connectivity index (χ3n) is 3.76. The van der Waals surface area contributed by atoms with Crippen LogP contribution in [-0.2, 0) is 19.6 Å². The van der Waals surface area contributed by atoms with E-state index in [1.807, 2.05) is 6.07 Å². The van der Waals surface area contributed by atoms with E-state index in [1.54, 1.807) is 6.07 Å². The highest BCUT2D eigenvalue weighted by Crippen LogP contribution is 2.15. The molecule has 2 N–H and O–H groups in total. The van der Waals surface area contributed by atoms with Gasteiger partial charge in [0.05, 0.1) is 0 Å². The molecule has 0 unspecified atom stereocenters. The van der Waals surface area contributed by atoms with Crippen LogP contribution < -0.4 is 5.73 Å². The molecule has 0 aromatic heterocycles. The molecule has 2 aromatic rings. The Morgan fingerprint density at radius 2 is 1.76 bits per heavy atom. The fourth-order valence-corrected chi connectivity index (χ4v) is 2.49. The van der Waals surface area contributed by atoms with Crippen molar-refractivity contribution in [1.82, 2.24) is 4.90 Å². The molecule has 2 aromatic carbocycles. The monoisotopic (exact) mass is 286 g/mol. The number of hydrogen-bond donors (Lipinski definition) is 1. The van der Waals surface area contributed by atoms with E-state index in [2.05, 4.69) is 43.0 Å². The van der Waals surface area contributed by atoms with Crippen molar-refractivity contribution < 1.29 is 4.39 Å². The number of benzene rings is 2. The summed E-state index contributed by atoms with van der Waals surface area (Å²) in [5, 5.41) is 0. The zero-order valence-electron chi connectivity index (χ0n) is 12.8. The molecule has 0 saturated carbocycles. The van der Waals surface area contributed by atoms with Gasteiger partial charge in [-0.1, -0.05) is 37.3 Å². The predicted octanol–water partition coefficient (Wildman–Crippen LogP) is 3.61. The van der Waals surface area contributed by atoms with E-state index in [4.69, 9.17) is 5.73 Å². The zero-order chi connectivity index (χ0) is 15.2. The lowest BCUT2D eigenvalue weighted by molar-refractivity contribution is 0.270. The number of rotatable bonds is 6. The number of hydrogen-bond acceptors (Lipinski definition) is 2. The lowest BCUT2D eigenvalue weighted by Gasteiger charge is -2.22. The number of nitrogens with two attached hydrogens (primary N) is 1. The molecular formula is C18H23FN2. The van der Waals surface area contributed by atoms with E-state index in [0.29, 0.717) is 6.54 Å². The molecule has 0 heterocycles. The highest BCUT2D eigenvalue weighted by Gasteiger charge is 2.08. The summed E-state index contributed by atoms with van der Waals surface area (Å²) in [5.74, 6) is -0.208. The fourth-order valence-electron chi connectivity index (χ4n) is 2.49. The van der Waals surface area contributed by atoms with Gasteiger partial charge in [-0.15, -0.1) is 0 Å². The molecule has 2 nitrogen and oxygen atoms in total. The first-order chi connectivity index (χ1) is 10.1. The minimum atomic E-state index is -0.208. The maximum absolute atomic E-state index is 13.6. The third-order valence-corrected chi connectivity index (χ3v) is 3.76. The standard InChI is InChI=1S/C18H23FN2/c1-3-21(13-17-7-5-4-6-14(17)2)12-16-8-15(11-20)9-18(19)10-16/h4-10H,3,11-13,20H2,1-2H3. The number of halogens is 1. The van der Waals surface area contributed by atoms with Gasteiger partial charge >= 0.3 is 0 Å². The summed E-state index contributed by atoms with van der Waals surface area (Å²) < 4.78 is 13.6. The Labute approximate surface area is 126 Å². The van der Waals surface area contributed by atoms with Gasteiger partial charge in [-0.25, -0.2) is 4.39 Å². The number of aryl methyl sites for hydroxylation is 1. The molecule has 0 bridgehead atoms. The van der Waals surface area contributed by atoms with Crippen molar-refractivity contribution in [1.29, 1.82) is 0 Å². The van der Waals surface area contributed by atoms with Crippen LogP contribution in [0.25, 0.3) is 0 Å². The summed E-state index contributed by atoms with van der Waals surface area (Å²) >= 11 is 0. The van der Waals surface area contributed by atoms with Gasteiger partial charge in [-0.2, -0.15) is 0 Å². The summed E-state index contributed by atoms with van der Waals surface area (Å²) in [6, 6.07) is 13.5. The van der Waals surface area contributed by atoms with E-state index >= 15 is 0 Å². The van der Waals surface area contributed by atoms with E-state index in [9.17, 15) is 4.39 Å². The normalized spacial score (nSPS) is 11.1. The second-order valence-corrected chi connectivity index (χ2v) is 5.40. The molecule has 0 amide bonds. The molecule has 3 heteroatoms. The summed E-state index contributed by atoms with van der Waals surface area (Å²) in [7, 11) is 0. The molecule has 0 radical (unpaired) electrons. The smallest absolute Gasteiger partial charge is 0.123 e. The lowest BCUT2D eigenvalue weighted by Crippen LogP contribution is -2.23. The summed E-state index contributed by atoms with van der Waals surface area (Å²) in [6.45, 7) is 7.14. The van der Waals surface area contributed by atoms with Crippen LogP contribution in [-0.4, -0.2) is 11.4 Å². The Morgan fingerprint density at radius 1 is 1.05 bits per heavy atom. The molecule has 0 aliphatic rings. The molecule has 0 aliphatic carbocycles. The van der Waals surface area contributed by atoms with Crippen LogP contribution in [0, 0.1) is 12.7 Å². The van der Waals surface area contributed by atoms with Crippen LogP contribution in [0.3, 0.4) is 0 Å². The zero-order valence-corrected chi connectivity index (χ0v) is 12.8. The van der Waals surface area contributed by atoms with Crippen LogP contribution in [0.4, 0.5) is 4.39 Å². The van der Waals surface area contributed by atoms with Gasteiger partial charge in [-0.3, -0.25) is 4.90 Å². The first-order valence-corrected chi connectivity index (χ1v) is 7.37. The van der Waals surface area contributed by atoms with E-state index in [-0.39, 0.29) is 5.82 Å². The van der Waals surface area contributed by atoms with Crippen molar-refractivity contribution >= 4 is 0 Å². The quantitative estimate of drug-likeness (QED) is 0.879. The molecule has 21 heavy (non-hydrogen) atoms. The largest absolute Gasteiger partial charge is 0.326 e. The van der Waals surface area contributed by atoms with Gasteiger partial charge in [0.1, 0.15) is 5.82 Å². The Kier molecular flexibility index (Phi) is 5.48. The molecule has 0 fully saturated rings. The molecule has 0 aliphatic heterocycles. The van der Waals surface area contributed by atoms with Gasteiger partial charge in [0.25, 0.3) is 0 Å². The van der Waals surface area contributed by atoms with Gasteiger partial charge in [-0.05, 0) is 47.9 Å². The lowest BCUT2D eigenvalue weighted by atomic mass is 10.1. The van der Waals surface area contributed by atoms with E-state index in [1.165, 1.54) is 17.2 Å². The first-order valence-electron chi connectivity index (χ1n) is 7.37. The topological polar surface area (TPSA) is 29.3 Å². The Hall–Kier alpha value is -1.71. The SMILES string of the molecule is CCN(Cc1cc(F)cc(CN)c1)Cc1ccccc1C. The van der Waals surface area contributed by atoms with Crippen LogP contribution in [0.5, 0.6) is 0 Å². The van der Waals surface area contributed by atoms with Crippen LogP contribution in [0.2, 0.25) is 0 Å². The summed E-state index contributed by atoms with van der Waals surface area (Å²) in [5.41, 5.74) is 10.0. The van der Waals surface area contributed by atoms with Gasteiger partial charge in [0.2, 0.25) is 0 Å². The molecule has 112 valence electrons. The second kappa shape index (κ2) is 7.34. The van der Waals surface area contributed by atoms with Crippen molar-refractivity contribution in [2.75, 3.05) is 6.54 Å². The maximum Gasteiger partial charge on any atom is 0.123 e. The van der Waals surface area contributed by atoms with Crippen LogP contribution >= 0.6 is 0 Å². The Bertz CT molecular complexity index is 596. The highest BCUT2D eigenvalue weighted by atomic mass is 19.1. The fraction of sp³-hybridized carbons (Fsp3) is 0.333. The van der Waals surface area contributed by atoms with Crippen molar-refractivity contribution in [3.8, 4) is 0 Å². The van der Waals surface area contributed by atoms with Crippen molar-refractivity contribution in [2.45, 2.75) is 33.5 Å². The summed E-state index contributed by atoms with van der Waals surface area (Å²) in [6.07, 6.45) is 0. The molecular weight excluding hydrogens is 263 g/mol. The van der Waals surface area contributed by atoms with E-state index < -0.39 is 0 Å². The minimum absolute atomic E-state index is 0.208. The highest BCUT2D eigenvalue weighted by molar-refractivity contribution is 5.27. The predicted molar refractivity (Wildman–Crippen MR) is 85.3 cm³/mol. The third kappa shape index (κ3) is 4.38. The molecule has 0 saturated heterocycles. The van der Waals surface area contributed by atoms with Crippen molar-refractivity contribution in [2.24, 2.45) is 5.73 Å². The Balaban J connectivity index is 2.12. The van der Waals surface area contributed by atoms with Gasteiger partial charge in [0, 0.05) is 19.6 Å². The van der Waals surface area contributed by atoms with Crippen LogP contribution in [0.15, 0.2) is 42.5 Å². The first kappa shape index (κ1) is 15.7. The molecule has 2 rings (SSSR count). The van der Waals surface area contributed by atoms with Crippen molar-refractivity contribution in [3.05, 3.63) is 70.5 Å². The van der Waals surface area contributed by atoms with E-state index in [0.717, 1.165) is 30.8 Å². The maximum atomic E-state index is 13.6. The van der Waals surface area contributed by atoms with Gasteiger partial charge in [0.15, 0.2) is 0 Å². The minimum Gasteiger partial charge on any atom is -0.326 e. The van der Waals surface area contributed by atoms with Gasteiger partial charge < -0.3 is 5.73 Å². The second-order valence-electron chi connectivity index (χ2n) is 5.40.